The Kier molecular flexibility index (Phi) is 5.22. The van der Waals surface area contributed by atoms with E-state index in [1.54, 1.807) is 0 Å². The van der Waals surface area contributed by atoms with Gasteiger partial charge in [-0.05, 0) is 36.5 Å². The van der Waals surface area contributed by atoms with Gasteiger partial charge in [0.05, 0.1) is 0 Å². The van der Waals surface area contributed by atoms with Gasteiger partial charge in [-0.3, -0.25) is 4.79 Å². The molecule has 17 heavy (non-hydrogen) atoms. The standard InChI is InChI=1S/C16H30O/c1-6-13(7-2)11-16(4,5)14-9-8-12(3)10-15(14)17/h12-14H,6-11H2,1-5H3. The highest BCUT2D eigenvalue weighted by Crippen LogP contribution is 2.42. The van der Waals surface area contributed by atoms with E-state index in [1.165, 1.54) is 25.7 Å². The van der Waals surface area contributed by atoms with Crippen molar-refractivity contribution in [1.82, 2.24) is 0 Å². The molecule has 0 aromatic carbocycles. The number of rotatable bonds is 5. The van der Waals surface area contributed by atoms with Gasteiger partial charge in [-0.15, -0.1) is 0 Å². The molecule has 0 radical (unpaired) electrons. The van der Waals surface area contributed by atoms with Crippen molar-refractivity contribution >= 4 is 5.78 Å². The third kappa shape index (κ3) is 3.82. The summed E-state index contributed by atoms with van der Waals surface area (Å²) in [6, 6.07) is 0. The van der Waals surface area contributed by atoms with E-state index in [2.05, 4.69) is 34.6 Å². The molecule has 1 aliphatic rings. The molecule has 0 amide bonds. The maximum Gasteiger partial charge on any atom is 0.136 e. The van der Waals surface area contributed by atoms with Crippen LogP contribution in [0, 0.1) is 23.2 Å². The second kappa shape index (κ2) is 6.02. The maximum atomic E-state index is 12.2. The van der Waals surface area contributed by atoms with Crippen molar-refractivity contribution in [3.8, 4) is 0 Å². The SMILES string of the molecule is CCC(CC)CC(C)(C)C1CCC(C)CC1=O. The van der Waals surface area contributed by atoms with Gasteiger partial charge >= 0.3 is 0 Å². The van der Waals surface area contributed by atoms with Crippen LogP contribution in [0.25, 0.3) is 0 Å². The van der Waals surface area contributed by atoms with E-state index >= 15 is 0 Å². The third-order valence-electron chi connectivity index (χ3n) is 4.80. The molecule has 2 atom stereocenters. The van der Waals surface area contributed by atoms with Crippen LogP contribution in [0.5, 0.6) is 0 Å². The van der Waals surface area contributed by atoms with Gasteiger partial charge in [0.25, 0.3) is 0 Å². The number of carbonyl (C=O) groups excluding carboxylic acids is 1. The predicted molar refractivity (Wildman–Crippen MR) is 74.0 cm³/mol. The Morgan fingerprint density at radius 2 is 1.82 bits per heavy atom. The largest absolute Gasteiger partial charge is 0.299 e. The number of ketones is 1. The fraction of sp³-hybridized carbons (Fsp3) is 0.938. The van der Waals surface area contributed by atoms with Crippen LogP contribution in [0.15, 0.2) is 0 Å². The number of hydrogen-bond donors (Lipinski definition) is 0. The quantitative estimate of drug-likeness (QED) is 0.669. The fourth-order valence-electron chi connectivity index (χ4n) is 3.49. The van der Waals surface area contributed by atoms with Crippen LogP contribution in [-0.4, -0.2) is 5.78 Å². The summed E-state index contributed by atoms with van der Waals surface area (Å²) in [5.74, 6) is 2.25. The highest BCUT2D eigenvalue weighted by atomic mass is 16.1. The van der Waals surface area contributed by atoms with E-state index in [4.69, 9.17) is 0 Å². The minimum Gasteiger partial charge on any atom is -0.299 e. The van der Waals surface area contributed by atoms with Gasteiger partial charge in [0.1, 0.15) is 5.78 Å². The second-order valence-corrected chi connectivity index (χ2v) is 6.78. The summed E-state index contributed by atoms with van der Waals surface area (Å²) < 4.78 is 0. The molecule has 2 unspecified atom stereocenters. The molecular weight excluding hydrogens is 208 g/mol. The van der Waals surface area contributed by atoms with Crippen LogP contribution in [0.2, 0.25) is 0 Å². The zero-order chi connectivity index (χ0) is 13.1. The van der Waals surface area contributed by atoms with Gasteiger partial charge in [-0.2, -0.15) is 0 Å². The fourth-order valence-corrected chi connectivity index (χ4v) is 3.49. The topological polar surface area (TPSA) is 17.1 Å². The van der Waals surface area contributed by atoms with Crippen molar-refractivity contribution in [3.05, 3.63) is 0 Å². The molecule has 1 heteroatoms. The lowest BCUT2D eigenvalue weighted by Crippen LogP contribution is -2.36. The molecule has 0 aromatic rings. The smallest absolute Gasteiger partial charge is 0.136 e. The minimum absolute atomic E-state index is 0.202. The Morgan fingerprint density at radius 1 is 1.24 bits per heavy atom. The van der Waals surface area contributed by atoms with E-state index in [1.807, 2.05) is 0 Å². The summed E-state index contributed by atoms with van der Waals surface area (Å²) in [7, 11) is 0. The van der Waals surface area contributed by atoms with Crippen molar-refractivity contribution in [2.45, 2.75) is 73.1 Å². The Balaban J connectivity index is 2.65. The summed E-state index contributed by atoms with van der Waals surface area (Å²) in [6.45, 7) is 11.4. The number of carbonyl (C=O) groups is 1. The average Bonchev–Trinajstić information content (AvgIpc) is 2.25. The van der Waals surface area contributed by atoms with Crippen molar-refractivity contribution < 1.29 is 4.79 Å². The van der Waals surface area contributed by atoms with Crippen molar-refractivity contribution in [2.75, 3.05) is 0 Å². The Bertz CT molecular complexity index is 250. The molecule has 0 spiro atoms. The van der Waals surface area contributed by atoms with Crippen molar-refractivity contribution in [2.24, 2.45) is 23.2 Å². The monoisotopic (exact) mass is 238 g/mol. The molecule has 1 saturated carbocycles. The molecule has 0 aromatic heterocycles. The molecule has 1 nitrogen and oxygen atoms in total. The first-order valence-electron chi connectivity index (χ1n) is 7.43. The van der Waals surface area contributed by atoms with Gasteiger partial charge in [-0.25, -0.2) is 0 Å². The minimum atomic E-state index is 0.202. The molecule has 0 heterocycles. The van der Waals surface area contributed by atoms with E-state index in [9.17, 15) is 4.79 Å². The highest BCUT2D eigenvalue weighted by Gasteiger charge is 2.38. The van der Waals surface area contributed by atoms with E-state index in [0.29, 0.717) is 17.6 Å². The number of hydrogen-bond acceptors (Lipinski definition) is 1. The van der Waals surface area contributed by atoms with Crippen LogP contribution >= 0.6 is 0 Å². The zero-order valence-corrected chi connectivity index (χ0v) is 12.4. The average molecular weight is 238 g/mol. The van der Waals surface area contributed by atoms with Gasteiger partial charge in [-0.1, -0.05) is 47.5 Å². The Hall–Kier alpha value is -0.330. The first-order chi connectivity index (χ1) is 7.90. The van der Waals surface area contributed by atoms with Gasteiger partial charge < -0.3 is 0 Å². The lowest BCUT2D eigenvalue weighted by molar-refractivity contribution is -0.130. The van der Waals surface area contributed by atoms with Gasteiger partial charge in [0, 0.05) is 12.3 Å². The Morgan fingerprint density at radius 3 is 2.29 bits per heavy atom. The van der Waals surface area contributed by atoms with Crippen molar-refractivity contribution in [3.63, 3.8) is 0 Å². The number of Topliss-reactive ketones (excluding diaryl/α,β-unsaturated/α-hetero) is 1. The molecule has 1 rings (SSSR count). The molecule has 1 fully saturated rings. The summed E-state index contributed by atoms with van der Waals surface area (Å²) in [4.78, 5) is 12.2. The van der Waals surface area contributed by atoms with Crippen LogP contribution < -0.4 is 0 Å². The summed E-state index contributed by atoms with van der Waals surface area (Å²) in [5.41, 5.74) is 0.202. The van der Waals surface area contributed by atoms with E-state index in [-0.39, 0.29) is 5.41 Å². The summed E-state index contributed by atoms with van der Waals surface area (Å²) >= 11 is 0. The lowest BCUT2D eigenvalue weighted by Gasteiger charge is -2.39. The van der Waals surface area contributed by atoms with Crippen molar-refractivity contribution in [1.29, 1.82) is 0 Å². The molecule has 1 aliphatic carbocycles. The molecule has 100 valence electrons. The normalized spacial score (nSPS) is 26.6. The second-order valence-electron chi connectivity index (χ2n) is 6.78. The first-order valence-corrected chi connectivity index (χ1v) is 7.43. The van der Waals surface area contributed by atoms with E-state index in [0.717, 1.165) is 18.8 Å². The molecule has 0 saturated heterocycles. The third-order valence-corrected chi connectivity index (χ3v) is 4.80. The van der Waals surface area contributed by atoms with Crippen LogP contribution in [0.1, 0.15) is 73.1 Å². The maximum absolute atomic E-state index is 12.2. The van der Waals surface area contributed by atoms with Crippen LogP contribution in [0.4, 0.5) is 0 Å². The predicted octanol–water partition coefficient (Wildman–Crippen LogP) is 4.84. The zero-order valence-electron chi connectivity index (χ0n) is 12.4. The van der Waals surface area contributed by atoms with Gasteiger partial charge in [0.15, 0.2) is 0 Å². The molecule has 0 N–H and O–H groups in total. The summed E-state index contributed by atoms with van der Waals surface area (Å²) in [6.07, 6.45) is 6.88. The lowest BCUT2D eigenvalue weighted by atomic mass is 9.64. The molecular formula is C16H30O. The Labute approximate surface area is 107 Å². The van der Waals surface area contributed by atoms with E-state index < -0.39 is 0 Å². The highest BCUT2D eigenvalue weighted by molar-refractivity contribution is 5.82. The van der Waals surface area contributed by atoms with Crippen LogP contribution in [-0.2, 0) is 4.79 Å². The molecule has 0 bridgehead atoms. The molecule has 0 aliphatic heterocycles. The summed E-state index contributed by atoms with van der Waals surface area (Å²) in [5, 5.41) is 0. The van der Waals surface area contributed by atoms with Crippen LogP contribution in [0.3, 0.4) is 0 Å². The van der Waals surface area contributed by atoms with Gasteiger partial charge in [0.2, 0.25) is 0 Å². The first kappa shape index (κ1) is 14.7.